The van der Waals surface area contributed by atoms with E-state index in [0.29, 0.717) is 111 Å². The smallest absolute Gasteiger partial charge is 0.258 e. The lowest BCUT2D eigenvalue weighted by molar-refractivity contribution is -0.143. The molecule has 1 saturated carbocycles. The molecule has 1 unspecified atom stereocenters. The number of amides is 4. The SMILES string of the molecule is CNc1nc(Nc2ccc(C(=O)N3CCN(CCOCCSC(C)(C)[C@H](NC(=O)C4(F)CC4)C(=O)N4CCCC4C(=O)NCc4ccc(-c5scnc5C)cc4)CC3)cc2OC)ncc1Cl. The van der Waals surface area contributed by atoms with Crippen LogP contribution in [0.25, 0.3) is 10.4 Å². The van der Waals surface area contributed by atoms with Gasteiger partial charge in [-0.15, -0.1) is 11.3 Å². The van der Waals surface area contributed by atoms with Crippen LogP contribution in [0.3, 0.4) is 0 Å². The molecule has 7 rings (SSSR count). The second-order valence-corrected chi connectivity index (χ2v) is 20.1. The number of thiazole rings is 1. The summed E-state index contributed by atoms with van der Waals surface area (Å²) in [6.07, 6.45) is 2.86. The van der Waals surface area contributed by atoms with Gasteiger partial charge in [0.2, 0.25) is 17.8 Å². The summed E-state index contributed by atoms with van der Waals surface area (Å²) in [7, 11) is 3.25. The topological polar surface area (TPSA) is 183 Å². The van der Waals surface area contributed by atoms with Crippen LogP contribution in [0.15, 0.2) is 54.2 Å². The second kappa shape index (κ2) is 21.7. The van der Waals surface area contributed by atoms with E-state index < -0.39 is 34.3 Å². The molecule has 2 saturated heterocycles. The number of hydrogen-bond donors (Lipinski definition) is 4. The molecular formula is C46H58ClFN10O6S2. The summed E-state index contributed by atoms with van der Waals surface area (Å²) in [5, 5.41) is 12.2. The van der Waals surface area contributed by atoms with Crippen LogP contribution in [0.1, 0.15) is 61.1 Å². The van der Waals surface area contributed by atoms with E-state index in [1.54, 1.807) is 41.5 Å². The number of anilines is 3. The molecule has 0 bridgehead atoms. The Kier molecular flexibility index (Phi) is 16.1. The third-order valence-corrected chi connectivity index (χ3v) is 14.8. The molecule has 2 aromatic heterocycles. The number of aromatic nitrogens is 3. The summed E-state index contributed by atoms with van der Waals surface area (Å²) < 4.78 is 25.8. The molecule has 0 radical (unpaired) electrons. The van der Waals surface area contributed by atoms with Crippen molar-refractivity contribution in [3.8, 4) is 16.2 Å². The fourth-order valence-corrected chi connectivity index (χ4v) is 10.1. The maximum absolute atomic E-state index is 15.0. The minimum Gasteiger partial charge on any atom is -0.495 e. The number of ether oxygens (including phenoxy) is 2. The summed E-state index contributed by atoms with van der Waals surface area (Å²) in [5.41, 5.74) is 3.91. The largest absolute Gasteiger partial charge is 0.495 e. The number of likely N-dealkylation sites (tertiary alicyclic amines) is 1. The number of hydrogen-bond acceptors (Lipinski definition) is 14. The van der Waals surface area contributed by atoms with Gasteiger partial charge in [-0.25, -0.2) is 14.4 Å². The second-order valence-electron chi connectivity index (χ2n) is 17.1. The predicted octanol–water partition coefficient (Wildman–Crippen LogP) is 5.94. The third kappa shape index (κ3) is 11.9. The van der Waals surface area contributed by atoms with E-state index in [1.807, 2.05) is 55.4 Å². The van der Waals surface area contributed by atoms with Gasteiger partial charge >= 0.3 is 0 Å². The van der Waals surface area contributed by atoms with Gasteiger partial charge in [-0.3, -0.25) is 24.1 Å². The fourth-order valence-electron chi connectivity index (χ4n) is 8.01. The van der Waals surface area contributed by atoms with Crippen molar-refractivity contribution in [1.29, 1.82) is 0 Å². The zero-order valence-electron chi connectivity index (χ0n) is 38.0. The standard InChI is InChI=1S/C46H58ClFN10O6S2/c1-29-37(65-28-52-29)31-10-8-30(9-11-31)26-50-40(59)35-7-6-16-58(35)42(61)38(54-43(62)46(48)14-15-46)45(2,3)66-24-23-64-22-21-56-17-19-57(20-18-56)41(60)32-12-13-34(36(25-32)63-5)53-44-51-27-33(47)39(49-4)55-44/h8-13,25,27-28,35,38H,6-7,14-24,26H2,1-5H3,(H,50,59)(H,54,62)(H2,49,51,53,55)/t35?,38-/m1/s1. The van der Waals surface area contributed by atoms with Crippen molar-refractivity contribution in [3.63, 3.8) is 0 Å². The highest BCUT2D eigenvalue weighted by molar-refractivity contribution is 8.00. The fraction of sp³-hybridized carbons (Fsp3) is 0.500. The summed E-state index contributed by atoms with van der Waals surface area (Å²) >= 11 is 9.16. The van der Waals surface area contributed by atoms with Crippen molar-refractivity contribution in [2.75, 3.05) is 83.0 Å². The van der Waals surface area contributed by atoms with Crippen molar-refractivity contribution in [2.24, 2.45) is 0 Å². The number of carbonyl (C=O) groups is 4. The van der Waals surface area contributed by atoms with Gasteiger partial charge in [0.1, 0.15) is 28.7 Å². The van der Waals surface area contributed by atoms with Gasteiger partial charge in [-0.2, -0.15) is 16.7 Å². The number of aryl methyl sites for hydroxylation is 1. The van der Waals surface area contributed by atoms with Gasteiger partial charge in [0.25, 0.3) is 11.8 Å². The Morgan fingerprint density at radius 1 is 1.05 bits per heavy atom. The molecule has 2 atom stereocenters. The Bertz CT molecular complexity index is 2360. The minimum absolute atomic E-state index is 0.0915. The molecule has 4 amide bonds. The minimum atomic E-state index is -1.97. The lowest BCUT2D eigenvalue weighted by Gasteiger charge is -2.37. The number of nitrogens with zero attached hydrogens (tertiary/aromatic N) is 6. The number of halogens is 2. The molecule has 4 heterocycles. The van der Waals surface area contributed by atoms with Crippen LogP contribution < -0.4 is 26.0 Å². The number of rotatable bonds is 20. The molecule has 0 spiro atoms. The van der Waals surface area contributed by atoms with Gasteiger partial charge in [0, 0.05) is 68.9 Å². The van der Waals surface area contributed by atoms with Gasteiger partial charge in [0.15, 0.2) is 5.67 Å². The highest BCUT2D eigenvalue weighted by Gasteiger charge is 2.53. The summed E-state index contributed by atoms with van der Waals surface area (Å²) in [5.74, 6) is 0.247. The molecule has 66 heavy (non-hydrogen) atoms. The monoisotopic (exact) mass is 964 g/mol. The van der Waals surface area contributed by atoms with E-state index in [-0.39, 0.29) is 24.7 Å². The summed E-state index contributed by atoms with van der Waals surface area (Å²) in [4.78, 5) is 74.1. The third-order valence-electron chi connectivity index (χ3n) is 12.2. The number of methoxy groups -OCH3 is 1. The van der Waals surface area contributed by atoms with Crippen LogP contribution in [-0.2, 0) is 25.7 Å². The normalized spacial score (nSPS) is 17.5. The van der Waals surface area contributed by atoms with Gasteiger partial charge < -0.3 is 40.5 Å². The lowest BCUT2D eigenvalue weighted by Crippen LogP contribution is -2.61. The molecular weight excluding hydrogens is 907 g/mol. The number of carbonyl (C=O) groups excluding carboxylic acids is 4. The van der Waals surface area contributed by atoms with Crippen LogP contribution >= 0.6 is 34.7 Å². The van der Waals surface area contributed by atoms with Crippen LogP contribution in [0.5, 0.6) is 5.75 Å². The van der Waals surface area contributed by atoms with Crippen molar-refractivity contribution >= 4 is 75.8 Å². The number of alkyl halides is 1. The first-order valence-corrected chi connectivity index (χ1v) is 24.4. The van der Waals surface area contributed by atoms with Gasteiger partial charge in [0.05, 0.1) is 48.3 Å². The highest BCUT2D eigenvalue weighted by Crippen LogP contribution is 2.41. The first-order chi connectivity index (χ1) is 31.7. The van der Waals surface area contributed by atoms with Crippen molar-refractivity contribution in [1.82, 2.24) is 40.3 Å². The first-order valence-electron chi connectivity index (χ1n) is 22.2. The quantitative estimate of drug-likeness (QED) is 0.0766. The molecule has 354 valence electrons. The van der Waals surface area contributed by atoms with E-state index in [4.69, 9.17) is 21.1 Å². The number of benzene rings is 2. The Balaban J connectivity index is 0.856. The van der Waals surface area contributed by atoms with Crippen molar-refractivity contribution < 1.29 is 33.0 Å². The van der Waals surface area contributed by atoms with Crippen LogP contribution in [-0.4, -0.2) is 148 Å². The zero-order chi connectivity index (χ0) is 47.0. The number of piperazine rings is 1. The molecule has 3 aliphatic rings. The van der Waals surface area contributed by atoms with E-state index in [0.717, 1.165) is 21.7 Å². The van der Waals surface area contributed by atoms with E-state index in [9.17, 15) is 19.2 Å². The average Bonchev–Trinajstić information content (AvgIpc) is 3.65. The van der Waals surface area contributed by atoms with Gasteiger partial charge in [-0.05, 0) is 75.8 Å². The molecule has 1 aliphatic carbocycles. The van der Waals surface area contributed by atoms with Crippen molar-refractivity contribution in [2.45, 2.75) is 75.5 Å². The first kappa shape index (κ1) is 48.8. The average molecular weight is 966 g/mol. The lowest BCUT2D eigenvalue weighted by atomic mass is 10.00. The molecule has 20 heteroatoms. The maximum Gasteiger partial charge on any atom is 0.258 e. The van der Waals surface area contributed by atoms with Crippen LogP contribution in [0.4, 0.5) is 21.8 Å². The van der Waals surface area contributed by atoms with Crippen LogP contribution in [0.2, 0.25) is 5.02 Å². The van der Waals surface area contributed by atoms with E-state index >= 15 is 4.39 Å². The van der Waals surface area contributed by atoms with E-state index in [1.165, 1.54) is 25.1 Å². The van der Waals surface area contributed by atoms with Crippen molar-refractivity contribution in [3.05, 3.63) is 76.0 Å². The maximum atomic E-state index is 15.0. The van der Waals surface area contributed by atoms with Crippen LogP contribution in [0, 0.1) is 6.92 Å². The predicted molar refractivity (Wildman–Crippen MR) is 256 cm³/mol. The molecule has 3 fully saturated rings. The Labute approximate surface area is 398 Å². The Morgan fingerprint density at radius 3 is 2.48 bits per heavy atom. The zero-order valence-corrected chi connectivity index (χ0v) is 40.3. The highest BCUT2D eigenvalue weighted by atomic mass is 35.5. The van der Waals surface area contributed by atoms with E-state index in [2.05, 4.69) is 41.1 Å². The summed E-state index contributed by atoms with van der Waals surface area (Å²) in [6, 6.07) is 11.4. The van der Waals surface area contributed by atoms with Gasteiger partial charge in [-0.1, -0.05) is 35.9 Å². The Hall–Kier alpha value is -5.08. The number of thioether (sulfide) groups is 1. The molecule has 2 aliphatic heterocycles. The molecule has 4 N–H and O–H groups in total. The molecule has 4 aromatic rings. The Morgan fingerprint density at radius 2 is 1.80 bits per heavy atom. The molecule has 16 nitrogen and oxygen atoms in total. The molecule has 2 aromatic carbocycles. The number of nitrogens with one attached hydrogen (secondary N) is 4. The summed E-state index contributed by atoms with van der Waals surface area (Å²) in [6.45, 7) is 10.4.